The lowest BCUT2D eigenvalue weighted by Crippen LogP contribution is -2.31. The van der Waals surface area contributed by atoms with Crippen molar-refractivity contribution in [1.29, 1.82) is 0 Å². The molecule has 0 aliphatic carbocycles. The lowest BCUT2D eigenvalue weighted by atomic mass is 9.99. The molecule has 0 spiro atoms. The van der Waals surface area contributed by atoms with Crippen LogP contribution in [0.25, 0.3) is 0 Å². The zero-order valence-electron chi connectivity index (χ0n) is 13.2. The normalized spacial score (nSPS) is 21.7. The van der Waals surface area contributed by atoms with Gasteiger partial charge in [-0.05, 0) is 49.7 Å². The lowest BCUT2D eigenvalue weighted by Gasteiger charge is -2.22. The van der Waals surface area contributed by atoms with Crippen molar-refractivity contribution in [1.82, 2.24) is 5.32 Å². The van der Waals surface area contributed by atoms with Gasteiger partial charge in [0.05, 0.1) is 0 Å². The summed E-state index contributed by atoms with van der Waals surface area (Å²) in [6.07, 6.45) is 4.71. The van der Waals surface area contributed by atoms with Gasteiger partial charge >= 0.3 is 0 Å². The van der Waals surface area contributed by atoms with E-state index in [0.717, 1.165) is 25.6 Å². The van der Waals surface area contributed by atoms with Crippen molar-refractivity contribution in [3.8, 4) is 0 Å². The first-order valence-corrected chi connectivity index (χ1v) is 8.08. The predicted molar refractivity (Wildman–Crippen MR) is 85.0 cm³/mol. The van der Waals surface area contributed by atoms with Crippen LogP contribution in [0.3, 0.4) is 0 Å². The highest BCUT2D eigenvalue weighted by Gasteiger charge is 2.15. The largest absolute Gasteiger partial charge is 0.381 e. The zero-order valence-corrected chi connectivity index (χ0v) is 13.2. The van der Waals surface area contributed by atoms with Crippen molar-refractivity contribution in [2.45, 2.75) is 58.5 Å². The topological polar surface area (TPSA) is 21.3 Å². The number of hydrogen-bond donors (Lipinski definition) is 1. The van der Waals surface area contributed by atoms with E-state index in [1.165, 1.54) is 30.4 Å². The fraction of sp³-hybridized carbons (Fsp3) is 0.667. The Bertz CT molecular complexity index is 377. The molecule has 2 rings (SSSR count). The second-order valence-electron chi connectivity index (χ2n) is 6.47. The molecule has 1 fully saturated rings. The molecule has 2 atom stereocenters. The van der Waals surface area contributed by atoms with Crippen molar-refractivity contribution < 1.29 is 4.74 Å². The molecule has 0 radical (unpaired) electrons. The van der Waals surface area contributed by atoms with Crippen LogP contribution in [-0.2, 0) is 11.2 Å². The van der Waals surface area contributed by atoms with E-state index < -0.39 is 0 Å². The Balaban J connectivity index is 1.89. The molecule has 1 aliphatic rings. The first-order valence-electron chi connectivity index (χ1n) is 8.08. The summed E-state index contributed by atoms with van der Waals surface area (Å²) in [6, 6.07) is 10.1. The Morgan fingerprint density at radius 2 is 1.85 bits per heavy atom. The average Bonchev–Trinajstić information content (AvgIpc) is 2.67. The van der Waals surface area contributed by atoms with Gasteiger partial charge in [0.25, 0.3) is 0 Å². The highest BCUT2D eigenvalue weighted by atomic mass is 16.5. The minimum absolute atomic E-state index is 0.422. The third-order valence-corrected chi connectivity index (χ3v) is 4.06. The van der Waals surface area contributed by atoms with E-state index in [1.807, 2.05) is 0 Å². The monoisotopic (exact) mass is 275 g/mol. The first-order chi connectivity index (χ1) is 9.65. The number of ether oxygens (including phenoxy) is 1. The van der Waals surface area contributed by atoms with Crippen LogP contribution < -0.4 is 5.32 Å². The second-order valence-corrected chi connectivity index (χ2v) is 6.47. The van der Waals surface area contributed by atoms with Gasteiger partial charge in [0.15, 0.2) is 0 Å². The molecule has 1 N–H and O–H groups in total. The Labute approximate surface area is 123 Å². The fourth-order valence-electron chi connectivity index (χ4n) is 2.93. The van der Waals surface area contributed by atoms with Crippen molar-refractivity contribution in [3.05, 3.63) is 35.4 Å². The van der Waals surface area contributed by atoms with Gasteiger partial charge in [-0.25, -0.2) is 0 Å². The smallest absolute Gasteiger partial charge is 0.0480 e. The molecule has 2 heteroatoms. The molecule has 0 aromatic heterocycles. The highest BCUT2D eigenvalue weighted by molar-refractivity contribution is 5.25. The third kappa shape index (κ3) is 4.92. The van der Waals surface area contributed by atoms with Crippen LogP contribution in [0.4, 0.5) is 0 Å². The molecule has 0 bridgehead atoms. The molecule has 1 heterocycles. The molecule has 1 aromatic carbocycles. The second kappa shape index (κ2) is 7.80. The zero-order chi connectivity index (χ0) is 14.4. The van der Waals surface area contributed by atoms with Crippen LogP contribution in [0.2, 0.25) is 0 Å². The molecule has 1 saturated heterocycles. The van der Waals surface area contributed by atoms with E-state index in [-0.39, 0.29) is 0 Å². The minimum atomic E-state index is 0.422. The number of nitrogens with one attached hydrogen (secondary N) is 1. The summed E-state index contributed by atoms with van der Waals surface area (Å²) >= 11 is 0. The van der Waals surface area contributed by atoms with Gasteiger partial charge in [-0.3, -0.25) is 0 Å². The number of rotatable bonds is 5. The van der Waals surface area contributed by atoms with E-state index in [1.54, 1.807) is 0 Å². The molecule has 112 valence electrons. The fourth-order valence-corrected chi connectivity index (χ4v) is 2.93. The maximum absolute atomic E-state index is 5.52. The maximum Gasteiger partial charge on any atom is 0.0480 e. The molecule has 0 saturated carbocycles. The predicted octanol–water partition coefficient (Wildman–Crippen LogP) is 4.10. The highest BCUT2D eigenvalue weighted by Crippen LogP contribution is 2.18. The Hall–Kier alpha value is -0.860. The standard InChI is InChI=1S/C18H29NO/c1-14(2)13-16-6-8-17(9-7-16)15(3)19-18-5-4-11-20-12-10-18/h6-9,14-15,18-19H,4-5,10-13H2,1-3H3. The van der Waals surface area contributed by atoms with E-state index >= 15 is 0 Å². The summed E-state index contributed by atoms with van der Waals surface area (Å²) in [5.41, 5.74) is 2.83. The minimum Gasteiger partial charge on any atom is -0.381 e. The van der Waals surface area contributed by atoms with Gasteiger partial charge in [0, 0.05) is 25.3 Å². The van der Waals surface area contributed by atoms with Crippen molar-refractivity contribution in [2.75, 3.05) is 13.2 Å². The van der Waals surface area contributed by atoms with Crippen LogP contribution in [0.15, 0.2) is 24.3 Å². The Morgan fingerprint density at radius 3 is 2.55 bits per heavy atom. The molecule has 20 heavy (non-hydrogen) atoms. The summed E-state index contributed by atoms with van der Waals surface area (Å²) in [5.74, 6) is 0.724. The van der Waals surface area contributed by atoms with Crippen LogP contribution in [0, 0.1) is 5.92 Å². The SMILES string of the molecule is CC(C)Cc1ccc(C(C)NC2CCCOCC2)cc1. The summed E-state index contributed by atoms with van der Waals surface area (Å²) in [7, 11) is 0. The summed E-state index contributed by atoms with van der Waals surface area (Å²) in [4.78, 5) is 0. The van der Waals surface area contributed by atoms with E-state index in [2.05, 4.69) is 50.4 Å². The van der Waals surface area contributed by atoms with Gasteiger partial charge in [0.1, 0.15) is 0 Å². The van der Waals surface area contributed by atoms with Crippen LogP contribution in [0.1, 0.15) is 57.2 Å². The Morgan fingerprint density at radius 1 is 1.10 bits per heavy atom. The molecular weight excluding hydrogens is 246 g/mol. The summed E-state index contributed by atoms with van der Waals surface area (Å²) in [6.45, 7) is 8.63. The van der Waals surface area contributed by atoms with Crippen LogP contribution in [0.5, 0.6) is 0 Å². The lowest BCUT2D eigenvalue weighted by molar-refractivity contribution is 0.142. The summed E-state index contributed by atoms with van der Waals surface area (Å²) in [5, 5.41) is 3.76. The summed E-state index contributed by atoms with van der Waals surface area (Å²) < 4.78 is 5.52. The number of benzene rings is 1. The van der Waals surface area contributed by atoms with Gasteiger partial charge in [-0.1, -0.05) is 38.1 Å². The van der Waals surface area contributed by atoms with Crippen LogP contribution >= 0.6 is 0 Å². The molecule has 1 aliphatic heterocycles. The Kier molecular flexibility index (Phi) is 6.06. The van der Waals surface area contributed by atoms with Crippen molar-refractivity contribution >= 4 is 0 Å². The number of hydrogen-bond acceptors (Lipinski definition) is 2. The van der Waals surface area contributed by atoms with Crippen molar-refractivity contribution in [3.63, 3.8) is 0 Å². The molecule has 2 unspecified atom stereocenters. The van der Waals surface area contributed by atoms with Gasteiger partial charge < -0.3 is 10.1 Å². The maximum atomic E-state index is 5.52. The molecular formula is C18H29NO. The molecule has 2 nitrogen and oxygen atoms in total. The van der Waals surface area contributed by atoms with Crippen LogP contribution in [-0.4, -0.2) is 19.3 Å². The van der Waals surface area contributed by atoms with E-state index in [4.69, 9.17) is 4.74 Å². The van der Waals surface area contributed by atoms with E-state index in [9.17, 15) is 0 Å². The van der Waals surface area contributed by atoms with Gasteiger partial charge in [-0.15, -0.1) is 0 Å². The van der Waals surface area contributed by atoms with Crippen molar-refractivity contribution in [2.24, 2.45) is 5.92 Å². The molecule has 1 aromatic rings. The van der Waals surface area contributed by atoms with E-state index in [0.29, 0.717) is 12.1 Å². The van der Waals surface area contributed by atoms with Gasteiger partial charge in [0.2, 0.25) is 0 Å². The third-order valence-electron chi connectivity index (χ3n) is 4.06. The first kappa shape index (κ1) is 15.5. The van der Waals surface area contributed by atoms with Gasteiger partial charge in [-0.2, -0.15) is 0 Å². The quantitative estimate of drug-likeness (QED) is 0.873. The average molecular weight is 275 g/mol. The molecule has 0 amide bonds.